The van der Waals surface area contributed by atoms with Crippen molar-refractivity contribution in [2.45, 2.75) is 45.6 Å². The first-order valence-corrected chi connectivity index (χ1v) is 7.90. The van der Waals surface area contributed by atoms with Gasteiger partial charge in [0.05, 0.1) is 5.92 Å². The summed E-state index contributed by atoms with van der Waals surface area (Å²) in [5, 5.41) is 13.8. The molecule has 2 aliphatic rings. The first-order chi connectivity index (χ1) is 10.2. The van der Waals surface area contributed by atoms with Crippen molar-refractivity contribution in [3.63, 3.8) is 0 Å². The van der Waals surface area contributed by atoms with Crippen LogP contribution in [0.2, 0.25) is 0 Å². The van der Waals surface area contributed by atoms with Crippen LogP contribution >= 0.6 is 0 Å². The Kier molecular flexibility index (Phi) is 3.40. The lowest BCUT2D eigenvalue weighted by molar-refractivity contribution is -0.152. The van der Waals surface area contributed by atoms with Crippen LogP contribution in [0.5, 0.6) is 0 Å². The molecule has 1 aliphatic carbocycles. The Morgan fingerprint density at radius 2 is 1.86 bits per heavy atom. The smallest absolute Gasteiger partial charge is 0.261 e. The molecule has 1 amide bonds. The molecule has 4 heteroatoms. The lowest BCUT2D eigenvalue weighted by Crippen LogP contribution is -2.48. The third-order valence-electron chi connectivity index (χ3n) is 5.30. The molecule has 118 valence electrons. The van der Waals surface area contributed by atoms with Crippen LogP contribution < -0.4 is 5.32 Å². The summed E-state index contributed by atoms with van der Waals surface area (Å²) in [6, 6.07) is 7.09. The predicted molar refractivity (Wildman–Crippen MR) is 84.3 cm³/mol. The number of amides is 1. The Hall–Kier alpha value is -1.68. The van der Waals surface area contributed by atoms with Crippen molar-refractivity contribution in [3.05, 3.63) is 29.8 Å². The molecule has 1 aromatic rings. The van der Waals surface area contributed by atoms with Crippen molar-refractivity contribution >= 4 is 17.4 Å². The molecule has 4 nitrogen and oxygen atoms in total. The van der Waals surface area contributed by atoms with Gasteiger partial charge in [-0.25, -0.2) is 0 Å². The highest BCUT2D eigenvalue weighted by Crippen LogP contribution is 2.48. The topological polar surface area (TPSA) is 66.4 Å². The van der Waals surface area contributed by atoms with E-state index < -0.39 is 17.4 Å². The zero-order valence-corrected chi connectivity index (χ0v) is 13.3. The third kappa shape index (κ3) is 2.17. The van der Waals surface area contributed by atoms with Gasteiger partial charge >= 0.3 is 0 Å². The monoisotopic (exact) mass is 301 g/mol. The van der Waals surface area contributed by atoms with E-state index in [1.54, 1.807) is 18.2 Å². The molecule has 0 aromatic heterocycles. The number of fused-ring (bicyclic) bond motifs is 1. The summed E-state index contributed by atoms with van der Waals surface area (Å²) in [6.45, 7) is 6.41. The number of benzene rings is 1. The number of carbonyl (C=O) groups is 2. The lowest BCUT2D eigenvalue weighted by Gasteiger charge is -2.40. The molecule has 3 atom stereocenters. The molecule has 2 N–H and O–H groups in total. The number of hydrogen-bond acceptors (Lipinski definition) is 3. The number of carbonyl (C=O) groups excluding carboxylic acids is 2. The predicted octanol–water partition coefficient (Wildman–Crippen LogP) is 2.86. The van der Waals surface area contributed by atoms with Crippen LogP contribution in [0.1, 0.15) is 45.6 Å². The van der Waals surface area contributed by atoms with Gasteiger partial charge in [0.2, 0.25) is 0 Å². The van der Waals surface area contributed by atoms with Crippen molar-refractivity contribution in [2.24, 2.45) is 17.3 Å². The number of nitrogens with one attached hydrogen (secondary N) is 1. The second kappa shape index (κ2) is 4.92. The largest absolute Gasteiger partial charge is 0.375 e. The lowest BCUT2D eigenvalue weighted by atomic mass is 9.65. The number of hydrogen-bond donors (Lipinski definition) is 2. The maximum atomic E-state index is 12.7. The fourth-order valence-electron chi connectivity index (χ4n) is 3.81. The highest BCUT2D eigenvalue weighted by Gasteiger charge is 2.55. The number of ketones is 1. The highest BCUT2D eigenvalue weighted by molar-refractivity contribution is 6.08. The van der Waals surface area contributed by atoms with Gasteiger partial charge in [-0.15, -0.1) is 0 Å². The van der Waals surface area contributed by atoms with Gasteiger partial charge in [-0.3, -0.25) is 9.59 Å². The van der Waals surface area contributed by atoms with E-state index in [9.17, 15) is 14.7 Å². The fourth-order valence-corrected chi connectivity index (χ4v) is 3.81. The molecule has 1 fully saturated rings. The first-order valence-electron chi connectivity index (χ1n) is 7.90. The summed E-state index contributed by atoms with van der Waals surface area (Å²) in [6.07, 6.45) is 1.85. The van der Waals surface area contributed by atoms with Gasteiger partial charge < -0.3 is 10.4 Å². The van der Waals surface area contributed by atoms with Crippen molar-refractivity contribution in [3.8, 4) is 0 Å². The Balaban J connectivity index is 1.92. The number of rotatable bonds is 1. The first kappa shape index (κ1) is 15.2. The molecule has 1 saturated carbocycles. The molecule has 3 rings (SSSR count). The fraction of sp³-hybridized carbons (Fsp3) is 0.556. The van der Waals surface area contributed by atoms with E-state index >= 15 is 0 Å². The Morgan fingerprint density at radius 3 is 2.50 bits per heavy atom. The second-order valence-electron chi connectivity index (χ2n) is 7.63. The van der Waals surface area contributed by atoms with E-state index in [4.69, 9.17) is 0 Å². The number of aliphatic hydroxyl groups is 1. The van der Waals surface area contributed by atoms with Crippen LogP contribution in [-0.2, 0) is 15.2 Å². The molecule has 0 spiro atoms. The third-order valence-corrected chi connectivity index (χ3v) is 5.30. The Bertz CT molecular complexity index is 631. The van der Waals surface area contributed by atoms with Gasteiger partial charge in [-0.1, -0.05) is 39.0 Å². The second-order valence-corrected chi connectivity index (χ2v) is 7.63. The summed E-state index contributed by atoms with van der Waals surface area (Å²) in [4.78, 5) is 25.0. The summed E-state index contributed by atoms with van der Waals surface area (Å²) < 4.78 is 0. The van der Waals surface area contributed by atoms with E-state index in [-0.39, 0.29) is 11.2 Å². The van der Waals surface area contributed by atoms with Gasteiger partial charge in [-0.2, -0.15) is 0 Å². The molecule has 0 saturated heterocycles. The molecule has 0 unspecified atom stereocenters. The van der Waals surface area contributed by atoms with Crippen molar-refractivity contribution in [2.75, 3.05) is 5.32 Å². The summed E-state index contributed by atoms with van der Waals surface area (Å²) in [5.41, 5.74) is -0.497. The maximum Gasteiger partial charge on any atom is 0.261 e. The quantitative estimate of drug-likeness (QED) is 0.838. The van der Waals surface area contributed by atoms with E-state index in [0.717, 1.165) is 6.42 Å². The minimum Gasteiger partial charge on any atom is -0.375 e. The molecular weight excluding hydrogens is 278 g/mol. The zero-order chi connectivity index (χ0) is 16.1. The van der Waals surface area contributed by atoms with Crippen molar-refractivity contribution in [1.29, 1.82) is 0 Å². The summed E-state index contributed by atoms with van der Waals surface area (Å²) in [7, 11) is 0. The van der Waals surface area contributed by atoms with Gasteiger partial charge in [0.1, 0.15) is 5.78 Å². The highest BCUT2D eigenvalue weighted by atomic mass is 16.3. The average Bonchev–Trinajstić information content (AvgIpc) is 2.70. The molecule has 0 radical (unpaired) electrons. The van der Waals surface area contributed by atoms with E-state index in [1.165, 1.54) is 0 Å². The van der Waals surface area contributed by atoms with Gasteiger partial charge in [0, 0.05) is 17.7 Å². The SMILES string of the molecule is CC(C)(C)[C@H]1CC[C@@H]([C@@]2(O)C(=O)Nc3ccccc32)C(=O)C1. The molecule has 1 aromatic carbocycles. The average molecular weight is 301 g/mol. The number of para-hydroxylation sites is 1. The molecule has 0 bridgehead atoms. The van der Waals surface area contributed by atoms with Crippen molar-refractivity contribution < 1.29 is 14.7 Å². The minimum absolute atomic E-state index is 0.000489. The molecule has 1 aliphatic heterocycles. The van der Waals surface area contributed by atoms with Crippen LogP contribution in [0.25, 0.3) is 0 Å². The molecule has 22 heavy (non-hydrogen) atoms. The van der Waals surface area contributed by atoms with Crippen LogP contribution in [-0.4, -0.2) is 16.8 Å². The van der Waals surface area contributed by atoms with E-state index in [2.05, 4.69) is 26.1 Å². The van der Waals surface area contributed by atoms with Crippen LogP contribution in [0, 0.1) is 17.3 Å². The minimum atomic E-state index is -1.71. The summed E-state index contributed by atoms with van der Waals surface area (Å²) >= 11 is 0. The van der Waals surface area contributed by atoms with Crippen molar-refractivity contribution in [1.82, 2.24) is 0 Å². The number of anilines is 1. The normalized spacial score (nSPS) is 31.8. The van der Waals surface area contributed by atoms with Gasteiger partial charge in [-0.05, 0) is 30.2 Å². The van der Waals surface area contributed by atoms with Crippen LogP contribution in [0.15, 0.2) is 24.3 Å². The zero-order valence-electron chi connectivity index (χ0n) is 13.3. The van der Waals surface area contributed by atoms with Crippen LogP contribution in [0.4, 0.5) is 5.69 Å². The van der Waals surface area contributed by atoms with E-state index in [1.807, 2.05) is 6.07 Å². The Labute approximate surface area is 130 Å². The maximum absolute atomic E-state index is 12.7. The number of Topliss-reactive ketones (excluding diaryl/α,β-unsaturated/α-hetero) is 1. The van der Waals surface area contributed by atoms with Gasteiger partial charge in [0.25, 0.3) is 5.91 Å². The van der Waals surface area contributed by atoms with Crippen LogP contribution in [0.3, 0.4) is 0 Å². The van der Waals surface area contributed by atoms with Gasteiger partial charge in [0.15, 0.2) is 5.60 Å². The standard InChI is InChI=1S/C18H23NO3/c1-17(2,3)11-8-9-13(15(20)10-11)18(22)12-6-4-5-7-14(12)19-16(18)21/h4-7,11,13,22H,8-10H2,1-3H3,(H,19,21)/t11-,13+,18+/m0/s1. The summed E-state index contributed by atoms with van der Waals surface area (Å²) in [5.74, 6) is -0.809. The molecule has 1 heterocycles. The Morgan fingerprint density at radius 1 is 1.18 bits per heavy atom. The van der Waals surface area contributed by atoms with E-state index in [0.29, 0.717) is 30.0 Å². The molecular formula is C18H23NO3.